The lowest BCUT2D eigenvalue weighted by molar-refractivity contribution is 0.376. The van der Waals surface area contributed by atoms with E-state index in [0.717, 1.165) is 0 Å². The first-order chi connectivity index (χ1) is 9.85. The smallest absolute Gasteiger partial charge is 0.177 e. The largest absolute Gasteiger partial charge is 0.277 e. The Balaban J connectivity index is 1.83. The minimum Gasteiger partial charge on any atom is -0.277 e. The number of halogens is 2. The lowest BCUT2D eigenvalue weighted by Crippen LogP contribution is -2.32. The average molecular weight is 364 g/mol. The Labute approximate surface area is 136 Å². The second kappa shape index (κ2) is 5.46. The molecule has 2 heterocycles. The SMILES string of the molecule is N=C1S[C@@H]2CS(=O)(=O)C[C@H]2N1/N=C\c1ccc(Cl)cc1Cl. The molecule has 1 N–H and O–H groups in total. The van der Waals surface area contributed by atoms with Crippen LogP contribution in [0.3, 0.4) is 0 Å². The normalized spacial score (nSPS) is 27.5. The number of benzene rings is 1. The fraction of sp³-hybridized carbons (Fsp3) is 0.333. The molecule has 2 aliphatic rings. The third-order valence-corrected chi connectivity index (χ3v) is 7.02. The van der Waals surface area contributed by atoms with Crippen molar-refractivity contribution >= 4 is 56.2 Å². The van der Waals surface area contributed by atoms with Crippen molar-refractivity contribution in [3.63, 3.8) is 0 Å². The lowest BCUT2D eigenvalue weighted by Gasteiger charge is -2.17. The number of sulfone groups is 1. The van der Waals surface area contributed by atoms with Gasteiger partial charge in [0.2, 0.25) is 0 Å². The van der Waals surface area contributed by atoms with Crippen LogP contribution in [0.15, 0.2) is 23.3 Å². The first kappa shape index (κ1) is 15.1. The molecule has 0 amide bonds. The van der Waals surface area contributed by atoms with Gasteiger partial charge in [0.1, 0.15) is 0 Å². The van der Waals surface area contributed by atoms with Crippen LogP contribution in [0.25, 0.3) is 0 Å². The molecule has 0 aromatic heterocycles. The maximum atomic E-state index is 11.7. The van der Waals surface area contributed by atoms with Crippen LogP contribution in [0.5, 0.6) is 0 Å². The second-order valence-electron chi connectivity index (χ2n) is 4.86. The van der Waals surface area contributed by atoms with Gasteiger partial charge >= 0.3 is 0 Å². The van der Waals surface area contributed by atoms with Crippen molar-refractivity contribution in [3.8, 4) is 0 Å². The highest BCUT2D eigenvalue weighted by atomic mass is 35.5. The summed E-state index contributed by atoms with van der Waals surface area (Å²) in [7, 11) is -3.04. The van der Waals surface area contributed by atoms with Gasteiger partial charge in [-0.2, -0.15) is 5.10 Å². The quantitative estimate of drug-likeness (QED) is 0.819. The topological polar surface area (TPSA) is 73.6 Å². The summed E-state index contributed by atoms with van der Waals surface area (Å²) in [5.74, 6) is 0.150. The number of rotatable bonds is 2. The summed E-state index contributed by atoms with van der Waals surface area (Å²) >= 11 is 13.1. The van der Waals surface area contributed by atoms with Gasteiger partial charge in [0.05, 0.1) is 28.8 Å². The van der Waals surface area contributed by atoms with Crippen LogP contribution in [-0.4, -0.2) is 47.6 Å². The predicted molar refractivity (Wildman–Crippen MR) is 87.4 cm³/mol. The molecule has 0 radical (unpaired) electrons. The van der Waals surface area contributed by atoms with Crippen molar-refractivity contribution in [2.75, 3.05) is 11.5 Å². The molecule has 0 saturated carbocycles. The van der Waals surface area contributed by atoms with Crippen molar-refractivity contribution in [3.05, 3.63) is 33.8 Å². The van der Waals surface area contributed by atoms with Crippen LogP contribution in [-0.2, 0) is 9.84 Å². The van der Waals surface area contributed by atoms with Crippen molar-refractivity contribution in [2.24, 2.45) is 5.10 Å². The van der Waals surface area contributed by atoms with Crippen molar-refractivity contribution < 1.29 is 8.42 Å². The maximum Gasteiger partial charge on any atom is 0.177 e. The average Bonchev–Trinajstić information content (AvgIpc) is 2.80. The maximum absolute atomic E-state index is 11.7. The van der Waals surface area contributed by atoms with Crippen LogP contribution < -0.4 is 0 Å². The number of nitrogens with one attached hydrogen (secondary N) is 1. The number of hydrazone groups is 1. The van der Waals surface area contributed by atoms with Gasteiger partial charge in [-0.15, -0.1) is 0 Å². The van der Waals surface area contributed by atoms with Gasteiger partial charge in [-0.1, -0.05) is 41.0 Å². The van der Waals surface area contributed by atoms with E-state index in [0.29, 0.717) is 15.6 Å². The molecule has 1 aromatic carbocycles. The Morgan fingerprint density at radius 2 is 2.14 bits per heavy atom. The number of fused-ring (bicyclic) bond motifs is 1. The van der Waals surface area contributed by atoms with Crippen LogP contribution in [0.2, 0.25) is 10.0 Å². The van der Waals surface area contributed by atoms with Gasteiger partial charge in [-0.3, -0.25) is 5.41 Å². The molecular weight excluding hydrogens is 353 g/mol. The van der Waals surface area contributed by atoms with Crippen molar-refractivity contribution in [1.82, 2.24) is 5.01 Å². The summed E-state index contributed by atoms with van der Waals surface area (Å²) in [5, 5.41) is 14.8. The molecule has 112 valence electrons. The standard InChI is InChI=1S/C12H11Cl2N3O2S2/c13-8-2-1-7(9(14)3-8)4-16-17-10-5-21(18,19)6-11(10)20-12(17)15/h1-4,10-11,15H,5-6H2/b15-12?,16-4-/t10-,11-/m1/s1. The van der Waals surface area contributed by atoms with E-state index in [9.17, 15) is 8.42 Å². The van der Waals surface area contributed by atoms with E-state index in [1.807, 2.05) is 0 Å². The fourth-order valence-electron chi connectivity index (χ4n) is 2.35. The summed E-state index contributed by atoms with van der Waals surface area (Å²) in [6.45, 7) is 0. The molecule has 2 aliphatic heterocycles. The molecule has 3 rings (SSSR count). The van der Waals surface area contributed by atoms with E-state index in [-0.39, 0.29) is 28.0 Å². The van der Waals surface area contributed by atoms with E-state index in [4.69, 9.17) is 28.6 Å². The van der Waals surface area contributed by atoms with E-state index in [2.05, 4.69) is 5.10 Å². The first-order valence-electron chi connectivity index (χ1n) is 6.10. The summed E-state index contributed by atoms with van der Waals surface area (Å²) in [6.07, 6.45) is 1.53. The Hall–Kier alpha value is -0.760. The third kappa shape index (κ3) is 3.06. The molecule has 2 atom stereocenters. The Kier molecular flexibility index (Phi) is 3.94. The highest BCUT2D eigenvalue weighted by molar-refractivity contribution is 8.15. The van der Waals surface area contributed by atoms with Gasteiger partial charge in [0, 0.05) is 15.8 Å². The van der Waals surface area contributed by atoms with Crippen molar-refractivity contribution in [1.29, 1.82) is 5.41 Å². The van der Waals surface area contributed by atoms with Crippen LogP contribution in [0.1, 0.15) is 5.56 Å². The van der Waals surface area contributed by atoms with Gasteiger partial charge in [0.15, 0.2) is 15.0 Å². The monoisotopic (exact) mass is 363 g/mol. The van der Waals surface area contributed by atoms with Crippen molar-refractivity contribution in [2.45, 2.75) is 11.3 Å². The second-order valence-corrected chi connectivity index (χ2v) is 9.09. The number of nitrogens with zero attached hydrogens (tertiary/aromatic N) is 2. The zero-order valence-corrected chi connectivity index (χ0v) is 13.8. The molecule has 21 heavy (non-hydrogen) atoms. The Bertz CT molecular complexity index is 736. The molecule has 1 aromatic rings. The number of amidine groups is 1. The third-order valence-electron chi connectivity index (χ3n) is 3.34. The molecule has 0 spiro atoms. The predicted octanol–water partition coefficient (Wildman–Crippen LogP) is 2.48. The molecule has 0 bridgehead atoms. The number of thioether (sulfide) groups is 1. The van der Waals surface area contributed by atoms with E-state index < -0.39 is 9.84 Å². The van der Waals surface area contributed by atoms with E-state index >= 15 is 0 Å². The highest BCUT2D eigenvalue weighted by Gasteiger charge is 2.48. The van der Waals surface area contributed by atoms with Gasteiger partial charge < -0.3 is 0 Å². The van der Waals surface area contributed by atoms with E-state index in [1.165, 1.54) is 23.0 Å². The molecule has 0 unspecified atom stereocenters. The van der Waals surface area contributed by atoms with Crippen LogP contribution in [0.4, 0.5) is 0 Å². The molecule has 0 aliphatic carbocycles. The molecule has 2 saturated heterocycles. The highest BCUT2D eigenvalue weighted by Crippen LogP contribution is 2.37. The zero-order chi connectivity index (χ0) is 15.2. The summed E-state index contributed by atoms with van der Waals surface area (Å²) in [5.41, 5.74) is 0.670. The van der Waals surface area contributed by atoms with Crippen LogP contribution in [0, 0.1) is 5.41 Å². The zero-order valence-electron chi connectivity index (χ0n) is 10.7. The Morgan fingerprint density at radius 3 is 2.86 bits per heavy atom. The molecule has 5 nitrogen and oxygen atoms in total. The fourth-order valence-corrected chi connectivity index (χ4v) is 6.53. The molecular formula is C12H11Cl2N3O2S2. The van der Waals surface area contributed by atoms with Gasteiger partial charge in [0.25, 0.3) is 0 Å². The number of hydrogen-bond acceptors (Lipinski definition) is 5. The van der Waals surface area contributed by atoms with Gasteiger partial charge in [-0.05, 0) is 12.1 Å². The lowest BCUT2D eigenvalue weighted by atomic mass is 10.2. The Morgan fingerprint density at radius 1 is 1.38 bits per heavy atom. The minimum atomic E-state index is -3.04. The molecule has 2 fully saturated rings. The summed E-state index contributed by atoms with van der Waals surface area (Å²) in [4.78, 5) is 0. The van der Waals surface area contributed by atoms with Crippen LogP contribution >= 0.6 is 35.0 Å². The molecule has 9 heteroatoms. The van der Waals surface area contributed by atoms with Gasteiger partial charge in [-0.25, -0.2) is 13.4 Å². The van der Waals surface area contributed by atoms with E-state index in [1.54, 1.807) is 18.2 Å². The summed E-state index contributed by atoms with van der Waals surface area (Å²) in [6, 6.07) is 4.76. The minimum absolute atomic E-state index is 0.0404. The first-order valence-corrected chi connectivity index (χ1v) is 9.55. The summed E-state index contributed by atoms with van der Waals surface area (Å²) < 4.78 is 23.3. The number of hydrogen-bond donors (Lipinski definition) is 1.